The number of hydrogen-bond acceptors (Lipinski definition) is 1. The highest BCUT2D eigenvalue weighted by Gasteiger charge is 2.42. The first kappa shape index (κ1) is 9.41. The third kappa shape index (κ3) is 1.41. The van der Waals surface area contributed by atoms with Crippen LogP contribution in [0.3, 0.4) is 0 Å². The molecule has 0 spiro atoms. The second kappa shape index (κ2) is 3.64. The SMILES string of the molecule is CCCN[C@@H]1C[C@H]2C[C@@H]1c1ccccc12. The van der Waals surface area contributed by atoms with Crippen LogP contribution in [0, 0.1) is 0 Å². The van der Waals surface area contributed by atoms with Crippen LogP contribution in [0.15, 0.2) is 24.3 Å². The first-order valence-electron chi connectivity index (χ1n) is 6.22. The molecule has 0 unspecified atom stereocenters. The maximum Gasteiger partial charge on any atom is 0.0142 e. The summed E-state index contributed by atoms with van der Waals surface area (Å²) in [5.74, 6) is 1.65. The van der Waals surface area contributed by atoms with E-state index in [1.807, 2.05) is 0 Å². The molecule has 1 N–H and O–H groups in total. The van der Waals surface area contributed by atoms with Gasteiger partial charge in [-0.3, -0.25) is 0 Å². The van der Waals surface area contributed by atoms with Gasteiger partial charge in [0.15, 0.2) is 0 Å². The zero-order chi connectivity index (χ0) is 10.3. The number of nitrogens with one attached hydrogen (secondary N) is 1. The minimum atomic E-state index is 0.754. The molecule has 1 saturated carbocycles. The van der Waals surface area contributed by atoms with Crippen LogP contribution < -0.4 is 5.32 Å². The van der Waals surface area contributed by atoms with Crippen molar-refractivity contribution >= 4 is 0 Å². The highest BCUT2D eigenvalue weighted by Crippen LogP contribution is 2.52. The van der Waals surface area contributed by atoms with E-state index in [0.29, 0.717) is 0 Å². The van der Waals surface area contributed by atoms with Crippen molar-refractivity contribution in [1.29, 1.82) is 0 Å². The van der Waals surface area contributed by atoms with Crippen molar-refractivity contribution in [2.45, 2.75) is 44.1 Å². The first-order chi connectivity index (χ1) is 7.40. The Morgan fingerprint density at radius 2 is 2.00 bits per heavy atom. The summed E-state index contributed by atoms with van der Waals surface area (Å²) >= 11 is 0. The fraction of sp³-hybridized carbons (Fsp3) is 0.571. The van der Waals surface area contributed by atoms with Gasteiger partial charge in [0.2, 0.25) is 0 Å². The Bertz CT molecular complexity index is 358. The predicted molar refractivity (Wildman–Crippen MR) is 63.2 cm³/mol. The Balaban J connectivity index is 1.82. The predicted octanol–water partition coefficient (Wildman–Crippen LogP) is 3.03. The lowest BCUT2D eigenvalue weighted by atomic mass is 9.88. The van der Waals surface area contributed by atoms with Gasteiger partial charge < -0.3 is 5.32 Å². The van der Waals surface area contributed by atoms with Crippen LogP contribution in [0.5, 0.6) is 0 Å². The van der Waals surface area contributed by atoms with Gasteiger partial charge in [-0.1, -0.05) is 31.2 Å². The smallest absolute Gasteiger partial charge is 0.0142 e. The van der Waals surface area contributed by atoms with Gasteiger partial charge in [-0.2, -0.15) is 0 Å². The summed E-state index contributed by atoms with van der Waals surface area (Å²) in [4.78, 5) is 0. The van der Waals surface area contributed by atoms with E-state index in [-0.39, 0.29) is 0 Å². The minimum Gasteiger partial charge on any atom is -0.313 e. The van der Waals surface area contributed by atoms with E-state index in [1.54, 1.807) is 11.1 Å². The molecule has 0 aromatic heterocycles. The number of benzene rings is 1. The monoisotopic (exact) mass is 201 g/mol. The second-order valence-electron chi connectivity index (χ2n) is 4.96. The molecule has 1 aromatic rings. The van der Waals surface area contributed by atoms with Gasteiger partial charge in [-0.05, 0) is 42.9 Å². The van der Waals surface area contributed by atoms with Crippen LogP contribution in [-0.4, -0.2) is 12.6 Å². The Morgan fingerprint density at radius 1 is 1.20 bits per heavy atom. The summed E-state index contributed by atoms with van der Waals surface area (Å²) in [6.45, 7) is 3.42. The van der Waals surface area contributed by atoms with Crippen molar-refractivity contribution in [2.75, 3.05) is 6.54 Å². The number of rotatable bonds is 3. The highest BCUT2D eigenvalue weighted by molar-refractivity contribution is 5.42. The molecule has 1 aromatic carbocycles. The van der Waals surface area contributed by atoms with Crippen molar-refractivity contribution in [2.24, 2.45) is 0 Å². The second-order valence-corrected chi connectivity index (χ2v) is 4.96. The molecule has 0 amide bonds. The maximum absolute atomic E-state index is 3.70. The Labute approximate surface area is 91.9 Å². The van der Waals surface area contributed by atoms with E-state index in [1.165, 1.54) is 25.8 Å². The highest BCUT2D eigenvalue weighted by atomic mass is 14.9. The molecule has 15 heavy (non-hydrogen) atoms. The molecule has 0 aliphatic heterocycles. The van der Waals surface area contributed by atoms with E-state index in [9.17, 15) is 0 Å². The summed E-state index contributed by atoms with van der Waals surface area (Å²) in [5, 5.41) is 3.70. The molecule has 2 bridgehead atoms. The molecule has 3 atom stereocenters. The molecule has 1 fully saturated rings. The van der Waals surface area contributed by atoms with E-state index >= 15 is 0 Å². The summed E-state index contributed by atoms with van der Waals surface area (Å²) in [7, 11) is 0. The van der Waals surface area contributed by atoms with Gasteiger partial charge in [0, 0.05) is 12.0 Å². The molecule has 1 nitrogen and oxygen atoms in total. The molecule has 0 saturated heterocycles. The average molecular weight is 201 g/mol. The lowest BCUT2D eigenvalue weighted by molar-refractivity contribution is 0.466. The van der Waals surface area contributed by atoms with E-state index in [4.69, 9.17) is 0 Å². The van der Waals surface area contributed by atoms with Gasteiger partial charge in [0.1, 0.15) is 0 Å². The van der Waals surface area contributed by atoms with Gasteiger partial charge in [-0.15, -0.1) is 0 Å². The standard InChI is InChI=1S/C14H19N/c1-2-7-15-14-9-10-8-13(14)12-6-4-3-5-11(10)12/h3-6,10,13-15H,2,7-9H2,1H3/t10-,13-,14-/m1/s1. The normalized spacial score (nSPS) is 31.9. The lowest BCUT2D eigenvalue weighted by Gasteiger charge is -2.25. The lowest BCUT2D eigenvalue weighted by Crippen LogP contribution is -2.33. The molecule has 1 heteroatoms. The van der Waals surface area contributed by atoms with Gasteiger partial charge in [-0.25, -0.2) is 0 Å². The molecule has 0 heterocycles. The molecule has 3 rings (SSSR count). The van der Waals surface area contributed by atoms with Gasteiger partial charge in [0.05, 0.1) is 0 Å². The third-order valence-corrected chi connectivity index (χ3v) is 4.05. The third-order valence-electron chi connectivity index (χ3n) is 4.05. The molecule has 80 valence electrons. The quantitative estimate of drug-likeness (QED) is 0.792. The minimum absolute atomic E-state index is 0.754. The van der Waals surface area contributed by atoms with Gasteiger partial charge in [0.25, 0.3) is 0 Å². The van der Waals surface area contributed by atoms with E-state index in [0.717, 1.165) is 17.9 Å². The van der Waals surface area contributed by atoms with E-state index in [2.05, 4.69) is 36.5 Å². The summed E-state index contributed by atoms with van der Waals surface area (Å²) in [5.41, 5.74) is 3.26. The largest absolute Gasteiger partial charge is 0.313 e. The van der Waals surface area contributed by atoms with Crippen molar-refractivity contribution in [3.05, 3.63) is 35.4 Å². The topological polar surface area (TPSA) is 12.0 Å². The zero-order valence-corrected chi connectivity index (χ0v) is 9.37. The van der Waals surface area contributed by atoms with E-state index < -0.39 is 0 Å². The number of hydrogen-bond donors (Lipinski definition) is 1. The zero-order valence-electron chi connectivity index (χ0n) is 9.37. The Morgan fingerprint density at radius 3 is 2.80 bits per heavy atom. The first-order valence-corrected chi connectivity index (χ1v) is 6.22. The number of fused-ring (bicyclic) bond motifs is 5. The van der Waals surface area contributed by atoms with Crippen molar-refractivity contribution < 1.29 is 0 Å². The summed E-state index contributed by atoms with van der Waals surface area (Å²) in [6.07, 6.45) is 4.00. The Hall–Kier alpha value is -0.820. The van der Waals surface area contributed by atoms with Crippen LogP contribution in [0.25, 0.3) is 0 Å². The summed E-state index contributed by atoms with van der Waals surface area (Å²) < 4.78 is 0. The summed E-state index contributed by atoms with van der Waals surface area (Å²) in [6, 6.07) is 9.80. The van der Waals surface area contributed by atoms with Crippen molar-refractivity contribution in [3.8, 4) is 0 Å². The van der Waals surface area contributed by atoms with Crippen LogP contribution in [0.2, 0.25) is 0 Å². The van der Waals surface area contributed by atoms with Gasteiger partial charge >= 0.3 is 0 Å². The molecule has 0 radical (unpaired) electrons. The maximum atomic E-state index is 3.70. The molecule has 2 aliphatic carbocycles. The fourth-order valence-electron chi connectivity index (χ4n) is 3.41. The average Bonchev–Trinajstić information content (AvgIpc) is 2.85. The molecule has 2 aliphatic rings. The van der Waals surface area contributed by atoms with Crippen LogP contribution in [0.4, 0.5) is 0 Å². The molecular weight excluding hydrogens is 182 g/mol. The molecular formula is C14H19N. The van der Waals surface area contributed by atoms with Crippen molar-refractivity contribution in [3.63, 3.8) is 0 Å². The van der Waals surface area contributed by atoms with Crippen molar-refractivity contribution in [1.82, 2.24) is 5.32 Å². The Kier molecular flexibility index (Phi) is 2.28. The van der Waals surface area contributed by atoms with Crippen LogP contribution in [-0.2, 0) is 0 Å². The fourth-order valence-corrected chi connectivity index (χ4v) is 3.41. The van der Waals surface area contributed by atoms with Crippen LogP contribution >= 0.6 is 0 Å². The van der Waals surface area contributed by atoms with Crippen LogP contribution in [0.1, 0.15) is 49.1 Å².